The number of benzene rings is 1. The van der Waals surface area contributed by atoms with Gasteiger partial charge in [-0.2, -0.15) is 0 Å². The predicted molar refractivity (Wildman–Crippen MR) is 109 cm³/mol. The summed E-state index contributed by atoms with van der Waals surface area (Å²) >= 11 is 1.74. The zero-order chi connectivity index (χ0) is 19.2. The number of aromatic nitrogens is 1. The van der Waals surface area contributed by atoms with Crippen molar-refractivity contribution in [3.05, 3.63) is 48.2 Å². The Labute approximate surface area is 164 Å². The Bertz CT molecular complexity index is 764. The number of aliphatic carboxylic acids is 1. The van der Waals surface area contributed by atoms with Gasteiger partial charge in [0.05, 0.1) is 6.42 Å². The molecule has 5 nitrogen and oxygen atoms in total. The van der Waals surface area contributed by atoms with Crippen LogP contribution >= 0.6 is 11.8 Å². The van der Waals surface area contributed by atoms with E-state index in [4.69, 9.17) is 9.84 Å². The number of hydrogen-bond acceptors (Lipinski definition) is 5. The van der Waals surface area contributed by atoms with Gasteiger partial charge in [-0.15, -0.1) is 11.8 Å². The van der Waals surface area contributed by atoms with E-state index in [-0.39, 0.29) is 12.5 Å². The molecule has 1 aliphatic heterocycles. The van der Waals surface area contributed by atoms with Gasteiger partial charge in [0.25, 0.3) is 0 Å². The van der Waals surface area contributed by atoms with Crippen LogP contribution in [0.2, 0.25) is 0 Å². The molecular weight excluding hydrogens is 360 g/mol. The van der Waals surface area contributed by atoms with E-state index in [9.17, 15) is 4.79 Å². The summed E-state index contributed by atoms with van der Waals surface area (Å²) in [5.74, 6) is 0.0653. The number of carboxylic acids is 1. The van der Waals surface area contributed by atoms with E-state index in [1.165, 1.54) is 0 Å². The van der Waals surface area contributed by atoms with E-state index < -0.39 is 5.97 Å². The molecule has 2 aromatic rings. The maximum absolute atomic E-state index is 11.0. The molecule has 1 atom stereocenters. The first-order chi connectivity index (χ1) is 13.0. The van der Waals surface area contributed by atoms with Crippen LogP contribution in [-0.2, 0) is 11.4 Å². The van der Waals surface area contributed by atoms with Crippen molar-refractivity contribution in [2.24, 2.45) is 0 Å². The molecule has 0 radical (unpaired) electrons. The lowest BCUT2D eigenvalue weighted by molar-refractivity contribution is -0.137. The van der Waals surface area contributed by atoms with E-state index in [0.29, 0.717) is 11.9 Å². The molecule has 2 heterocycles. The highest BCUT2D eigenvalue weighted by molar-refractivity contribution is 7.99. The van der Waals surface area contributed by atoms with Gasteiger partial charge in [0.1, 0.15) is 17.4 Å². The Kier molecular flexibility index (Phi) is 6.61. The quantitative estimate of drug-likeness (QED) is 0.669. The molecule has 1 unspecified atom stereocenters. The molecule has 0 spiro atoms. The van der Waals surface area contributed by atoms with E-state index in [1.807, 2.05) is 42.6 Å². The summed E-state index contributed by atoms with van der Waals surface area (Å²) in [6, 6.07) is 12.0. The standard InChI is InChI=1S/C21H26N2O3S/c1-15(2)27-21-16(5-3-11-22-21)14-26-19-9-7-17(8-10-19)23-12-4-6-18(23)13-20(24)25/h3,5,7-11,15,18H,4,6,12-14H2,1-2H3,(H,24,25). The third-order valence-electron chi connectivity index (χ3n) is 4.55. The Morgan fingerprint density at radius 2 is 2.11 bits per heavy atom. The molecule has 6 heteroatoms. The van der Waals surface area contributed by atoms with Crippen molar-refractivity contribution in [1.29, 1.82) is 0 Å². The predicted octanol–water partition coefficient (Wildman–Crippen LogP) is 4.60. The molecular formula is C21H26N2O3S. The molecule has 1 saturated heterocycles. The van der Waals surface area contributed by atoms with E-state index in [0.717, 1.165) is 41.4 Å². The van der Waals surface area contributed by atoms with E-state index in [2.05, 4.69) is 23.7 Å². The zero-order valence-corrected chi connectivity index (χ0v) is 16.6. The highest BCUT2D eigenvalue weighted by atomic mass is 32.2. The summed E-state index contributed by atoms with van der Waals surface area (Å²) in [5, 5.41) is 10.6. The number of anilines is 1. The van der Waals surface area contributed by atoms with Crippen molar-refractivity contribution in [3.8, 4) is 5.75 Å². The molecule has 0 saturated carbocycles. The minimum Gasteiger partial charge on any atom is -0.489 e. The van der Waals surface area contributed by atoms with Gasteiger partial charge in [-0.25, -0.2) is 4.98 Å². The summed E-state index contributed by atoms with van der Waals surface area (Å²) in [4.78, 5) is 17.7. The van der Waals surface area contributed by atoms with Crippen molar-refractivity contribution >= 4 is 23.4 Å². The number of nitrogens with zero attached hydrogens (tertiary/aromatic N) is 2. The van der Waals surface area contributed by atoms with Gasteiger partial charge >= 0.3 is 5.97 Å². The Hall–Kier alpha value is -2.21. The summed E-state index contributed by atoms with van der Waals surface area (Å²) < 4.78 is 5.96. The molecule has 1 fully saturated rings. The number of thioether (sulfide) groups is 1. The van der Waals surface area contributed by atoms with E-state index in [1.54, 1.807) is 11.8 Å². The number of rotatable bonds is 8. The highest BCUT2D eigenvalue weighted by Crippen LogP contribution is 2.30. The normalized spacial score (nSPS) is 16.7. The fourth-order valence-corrected chi connectivity index (χ4v) is 4.19. The van der Waals surface area contributed by atoms with Gasteiger partial charge in [0.15, 0.2) is 0 Å². The van der Waals surface area contributed by atoms with Crippen molar-refractivity contribution in [2.45, 2.75) is 56.0 Å². The van der Waals surface area contributed by atoms with Gasteiger partial charge in [0.2, 0.25) is 0 Å². The zero-order valence-electron chi connectivity index (χ0n) is 15.8. The average molecular weight is 387 g/mol. The Morgan fingerprint density at radius 1 is 1.33 bits per heavy atom. The number of carboxylic acid groups (broad SMARTS) is 1. The van der Waals surface area contributed by atoms with Crippen molar-refractivity contribution in [3.63, 3.8) is 0 Å². The summed E-state index contributed by atoms with van der Waals surface area (Å²) in [7, 11) is 0. The molecule has 1 aromatic heterocycles. The lowest BCUT2D eigenvalue weighted by Gasteiger charge is -2.25. The van der Waals surface area contributed by atoms with Gasteiger partial charge in [0, 0.05) is 35.3 Å². The van der Waals surface area contributed by atoms with Crippen LogP contribution in [0.15, 0.2) is 47.6 Å². The summed E-state index contributed by atoms with van der Waals surface area (Å²) in [5.41, 5.74) is 2.14. The van der Waals surface area contributed by atoms with Crippen LogP contribution in [0.1, 0.15) is 38.7 Å². The largest absolute Gasteiger partial charge is 0.489 e. The SMILES string of the molecule is CC(C)Sc1ncccc1COc1ccc(N2CCCC2CC(=O)O)cc1. The van der Waals surface area contributed by atoms with Gasteiger partial charge in [-0.1, -0.05) is 19.9 Å². The van der Waals surface area contributed by atoms with Crippen LogP contribution in [-0.4, -0.2) is 33.9 Å². The van der Waals surface area contributed by atoms with Crippen LogP contribution in [0, 0.1) is 0 Å². The molecule has 1 N–H and O–H groups in total. The van der Waals surface area contributed by atoms with Gasteiger partial charge < -0.3 is 14.7 Å². The minimum atomic E-state index is -0.738. The Balaban J connectivity index is 1.62. The third kappa shape index (κ3) is 5.39. The van der Waals surface area contributed by atoms with Crippen LogP contribution in [0.5, 0.6) is 5.75 Å². The van der Waals surface area contributed by atoms with Crippen molar-refractivity contribution in [1.82, 2.24) is 4.98 Å². The minimum absolute atomic E-state index is 0.0836. The monoisotopic (exact) mass is 386 g/mol. The lowest BCUT2D eigenvalue weighted by atomic mass is 10.1. The second-order valence-corrected chi connectivity index (χ2v) is 8.57. The van der Waals surface area contributed by atoms with Gasteiger partial charge in [-0.3, -0.25) is 4.79 Å². The van der Waals surface area contributed by atoms with Gasteiger partial charge in [-0.05, 0) is 43.2 Å². The fraction of sp³-hybridized carbons (Fsp3) is 0.429. The fourth-order valence-electron chi connectivity index (χ4n) is 3.35. The topological polar surface area (TPSA) is 62.7 Å². The molecule has 27 heavy (non-hydrogen) atoms. The van der Waals surface area contributed by atoms with Crippen molar-refractivity contribution in [2.75, 3.05) is 11.4 Å². The van der Waals surface area contributed by atoms with Crippen LogP contribution in [0.25, 0.3) is 0 Å². The Morgan fingerprint density at radius 3 is 2.81 bits per heavy atom. The summed E-state index contributed by atoms with van der Waals surface area (Å²) in [6.07, 6.45) is 3.97. The molecule has 0 amide bonds. The maximum atomic E-state index is 11.0. The first kappa shape index (κ1) is 19.5. The highest BCUT2D eigenvalue weighted by Gasteiger charge is 2.26. The first-order valence-corrected chi connectivity index (χ1v) is 10.2. The smallest absolute Gasteiger partial charge is 0.305 e. The molecule has 1 aliphatic rings. The second kappa shape index (κ2) is 9.13. The van der Waals surface area contributed by atoms with Crippen LogP contribution < -0.4 is 9.64 Å². The number of hydrogen-bond donors (Lipinski definition) is 1. The average Bonchev–Trinajstić information content (AvgIpc) is 3.08. The molecule has 0 bridgehead atoms. The maximum Gasteiger partial charge on any atom is 0.305 e. The second-order valence-electron chi connectivity index (χ2n) is 7.00. The third-order valence-corrected chi connectivity index (χ3v) is 5.61. The number of pyridine rings is 1. The van der Waals surface area contributed by atoms with Crippen LogP contribution in [0.4, 0.5) is 5.69 Å². The van der Waals surface area contributed by atoms with Crippen molar-refractivity contribution < 1.29 is 14.6 Å². The van der Waals surface area contributed by atoms with Crippen LogP contribution in [0.3, 0.4) is 0 Å². The molecule has 144 valence electrons. The number of ether oxygens (including phenoxy) is 1. The molecule has 0 aliphatic carbocycles. The first-order valence-electron chi connectivity index (χ1n) is 9.35. The van der Waals surface area contributed by atoms with E-state index >= 15 is 0 Å². The molecule has 1 aromatic carbocycles. The lowest BCUT2D eigenvalue weighted by Crippen LogP contribution is -2.31. The summed E-state index contributed by atoms with van der Waals surface area (Å²) in [6.45, 7) is 5.69. The number of carbonyl (C=O) groups is 1. The molecule has 3 rings (SSSR count).